The number of carbonyl (C=O) groups is 1. The van der Waals surface area contributed by atoms with Crippen LogP contribution in [0.4, 0.5) is 0 Å². The lowest BCUT2D eigenvalue weighted by Crippen LogP contribution is -2.37. The van der Waals surface area contributed by atoms with Crippen LogP contribution in [0.5, 0.6) is 0 Å². The van der Waals surface area contributed by atoms with Crippen molar-refractivity contribution in [3.05, 3.63) is 36.0 Å². The molecule has 0 aliphatic rings. The van der Waals surface area contributed by atoms with Gasteiger partial charge < -0.3 is 10.3 Å². The van der Waals surface area contributed by atoms with Gasteiger partial charge in [0.1, 0.15) is 5.69 Å². The van der Waals surface area contributed by atoms with Crippen LogP contribution in [0.2, 0.25) is 0 Å². The summed E-state index contributed by atoms with van der Waals surface area (Å²) >= 11 is 0. The molecule has 2 N–H and O–H groups in total. The summed E-state index contributed by atoms with van der Waals surface area (Å²) in [4.78, 5) is 15.4. The first kappa shape index (κ1) is 13.7. The predicted octanol–water partition coefficient (Wildman–Crippen LogP) is 3.72. The summed E-state index contributed by atoms with van der Waals surface area (Å²) in [6, 6.07) is 10.0. The third-order valence-electron chi connectivity index (χ3n) is 3.89. The first-order valence-electron chi connectivity index (χ1n) is 7.04. The molecule has 1 aromatic carbocycles. The summed E-state index contributed by atoms with van der Waals surface area (Å²) in [6.45, 7) is 6.41. The topological polar surface area (TPSA) is 44.9 Å². The Kier molecular flexibility index (Phi) is 4.25. The van der Waals surface area contributed by atoms with E-state index in [1.807, 2.05) is 30.3 Å². The number of aromatic nitrogens is 1. The number of amides is 1. The number of hydrogen-bond donors (Lipinski definition) is 2. The molecule has 0 radical (unpaired) electrons. The monoisotopic (exact) mass is 258 g/mol. The number of aromatic amines is 1. The summed E-state index contributed by atoms with van der Waals surface area (Å²) in [5, 5.41) is 4.16. The molecule has 3 nitrogen and oxygen atoms in total. The van der Waals surface area contributed by atoms with Crippen LogP contribution in [0.25, 0.3) is 10.9 Å². The Hall–Kier alpha value is -1.77. The SMILES string of the molecule is CCC(CC)C(C)NC(=O)c1cc2ccccc2[nH]1. The summed E-state index contributed by atoms with van der Waals surface area (Å²) < 4.78 is 0. The average Bonchev–Trinajstić information content (AvgIpc) is 2.84. The molecule has 1 atom stereocenters. The van der Waals surface area contributed by atoms with E-state index in [0.717, 1.165) is 23.7 Å². The molecule has 0 bridgehead atoms. The third kappa shape index (κ3) is 2.98. The number of rotatable bonds is 5. The van der Waals surface area contributed by atoms with Gasteiger partial charge in [0.2, 0.25) is 0 Å². The molecule has 1 aromatic heterocycles. The van der Waals surface area contributed by atoms with Crippen LogP contribution >= 0.6 is 0 Å². The lowest BCUT2D eigenvalue weighted by Gasteiger charge is -2.22. The maximum absolute atomic E-state index is 12.2. The van der Waals surface area contributed by atoms with Gasteiger partial charge in [-0.3, -0.25) is 4.79 Å². The van der Waals surface area contributed by atoms with Gasteiger partial charge in [0.05, 0.1) is 0 Å². The van der Waals surface area contributed by atoms with Crippen LogP contribution in [0, 0.1) is 5.92 Å². The smallest absolute Gasteiger partial charge is 0.267 e. The Morgan fingerprint density at radius 1 is 1.26 bits per heavy atom. The number of benzene rings is 1. The highest BCUT2D eigenvalue weighted by Crippen LogP contribution is 2.16. The molecule has 2 rings (SSSR count). The van der Waals surface area contributed by atoms with Gasteiger partial charge in [-0.15, -0.1) is 0 Å². The van der Waals surface area contributed by atoms with Crippen LogP contribution in [-0.4, -0.2) is 16.9 Å². The summed E-state index contributed by atoms with van der Waals surface area (Å²) in [7, 11) is 0. The molecule has 19 heavy (non-hydrogen) atoms. The molecule has 2 aromatic rings. The third-order valence-corrected chi connectivity index (χ3v) is 3.89. The lowest BCUT2D eigenvalue weighted by molar-refractivity contribution is 0.0921. The Bertz CT molecular complexity index is 522. The lowest BCUT2D eigenvalue weighted by atomic mass is 9.95. The van der Waals surface area contributed by atoms with E-state index in [4.69, 9.17) is 0 Å². The number of fused-ring (bicyclic) bond motifs is 1. The van der Waals surface area contributed by atoms with Crippen molar-refractivity contribution in [2.24, 2.45) is 5.92 Å². The average molecular weight is 258 g/mol. The van der Waals surface area contributed by atoms with Crippen molar-refractivity contribution >= 4 is 16.8 Å². The van der Waals surface area contributed by atoms with Gasteiger partial charge in [0.15, 0.2) is 0 Å². The van der Waals surface area contributed by atoms with E-state index >= 15 is 0 Å². The van der Waals surface area contributed by atoms with Crippen molar-refractivity contribution in [3.63, 3.8) is 0 Å². The van der Waals surface area contributed by atoms with Crippen molar-refractivity contribution in [3.8, 4) is 0 Å². The van der Waals surface area contributed by atoms with Crippen molar-refractivity contribution in [2.45, 2.75) is 39.7 Å². The Balaban J connectivity index is 2.11. The van der Waals surface area contributed by atoms with Gasteiger partial charge in [-0.05, 0) is 25.0 Å². The highest BCUT2D eigenvalue weighted by atomic mass is 16.1. The van der Waals surface area contributed by atoms with E-state index in [-0.39, 0.29) is 11.9 Å². The van der Waals surface area contributed by atoms with Crippen LogP contribution in [0.3, 0.4) is 0 Å². The second-order valence-electron chi connectivity index (χ2n) is 5.11. The maximum atomic E-state index is 12.2. The minimum absolute atomic E-state index is 0.0180. The Morgan fingerprint density at radius 2 is 1.95 bits per heavy atom. The van der Waals surface area contributed by atoms with Crippen LogP contribution < -0.4 is 5.32 Å². The molecule has 1 unspecified atom stereocenters. The predicted molar refractivity (Wildman–Crippen MR) is 79.3 cm³/mol. The highest BCUT2D eigenvalue weighted by molar-refractivity contribution is 5.98. The molecule has 1 heterocycles. The number of nitrogens with one attached hydrogen (secondary N) is 2. The fraction of sp³-hybridized carbons (Fsp3) is 0.438. The zero-order valence-corrected chi connectivity index (χ0v) is 11.9. The van der Waals surface area contributed by atoms with Gasteiger partial charge >= 0.3 is 0 Å². The van der Waals surface area contributed by atoms with E-state index in [1.54, 1.807) is 0 Å². The van der Waals surface area contributed by atoms with Gasteiger partial charge in [0.25, 0.3) is 5.91 Å². The second kappa shape index (κ2) is 5.91. The molecule has 0 aliphatic carbocycles. The fourth-order valence-electron chi connectivity index (χ4n) is 2.59. The standard InChI is InChI=1S/C16H22N2O/c1-4-12(5-2)11(3)17-16(19)15-10-13-8-6-7-9-14(13)18-15/h6-12,18H,4-5H2,1-3H3,(H,17,19). The first-order valence-corrected chi connectivity index (χ1v) is 7.04. The van der Waals surface area contributed by atoms with Gasteiger partial charge in [0, 0.05) is 16.9 Å². The molecular weight excluding hydrogens is 236 g/mol. The Labute approximate surface area is 114 Å². The number of carbonyl (C=O) groups excluding carboxylic acids is 1. The molecule has 0 aliphatic heterocycles. The van der Waals surface area contributed by atoms with Crippen LogP contribution in [-0.2, 0) is 0 Å². The zero-order valence-electron chi connectivity index (χ0n) is 11.9. The van der Waals surface area contributed by atoms with E-state index in [2.05, 4.69) is 31.1 Å². The zero-order chi connectivity index (χ0) is 13.8. The minimum atomic E-state index is -0.0180. The number of hydrogen-bond acceptors (Lipinski definition) is 1. The van der Waals surface area contributed by atoms with Gasteiger partial charge in [-0.25, -0.2) is 0 Å². The molecular formula is C16H22N2O. The quantitative estimate of drug-likeness (QED) is 0.843. The molecule has 3 heteroatoms. The summed E-state index contributed by atoms with van der Waals surface area (Å²) in [6.07, 6.45) is 2.18. The maximum Gasteiger partial charge on any atom is 0.267 e. The van der Waals surface area contributed by atoms with Gasteiger partial charge in [-0.1, -0.05) is 44.9 Å². The minimum Gasteiger partial charge on any atom is -0.351 e. The Morgan fingerprint density at radius 3 is 2.58 bits per heavy atom. The van der Waals surface area contributed by atoms with Crippen LogP contribution in [0.1, 0.15) is 44.1 Å². The number of H-pyrrole nitrogens is 1. The fourth-order valence-corrected chi connectivity index (χ4v) is 2.59. The molecule has 1 amide bonds. The summed E-state index contributed by atoms with van der Waals surface area (Å²) in [5.74, 6) is 0.518. The van der Waals surface area contributed by atoms with E-state index in [1.165, 1.54) is 0 Å². The van der Waals surface area contributed by atoms with Crippen LogP contribution in [0.15, 0.2) is 30.3 Å². The van der Waals surface area contributed by atoms with E-state index < -0.39 is 0 Å². The van der Waals surface area contributed by atoms with E-state index in [9.17, 15) is 4.79 Å². The van der Waals surface area contributed by atoms with Crippen molar-refractivity contribution in [1.82, 2.24) is 10.3 Å². The first-order chi connectivity index (χ1) is 9.15. The van der Waals surface area contributed by atoms with Crippen molar-refractivity contribution in [2.75, 3.05) is 0 Å². The largest absolute Gasteiger partial charge is 0.351 e. The molecule has 0 fully saturated rings. The highest BCUT2D eigenvalue weighted by Gasteiger charge is 2.17. The number of para-hydroxylation sites is 1. The normalized spacial score (nSPS) is 12.8. The molecule has 0 spiro atoms. The molecule has 0 saturated carbocycles. The van der Waals surface area contributed by atoms with Gasteiger partial charge in [-0.2, -0.15) is 0 Å². The van der Waals surface area contributed by atoms with E-state index in [0.29, 0.717) is 11.6 Å². The summed E-state index contributed by atoms with van der Waals surface area (Å²) in [5.41, 5.74) is 1.64. The molecule has 102 valence electrons. The van der Waals surface area contributed by atoms with Crippen molar-refractivity contribution in [1.29, 1.82) is 0 Å². The second-order valence-corrected chi connectivity index (χ2v) is 5.11. The molecule has 0 saturated heterocycles. The van der Waals surface area contributed by atoms with Crippen molar-refractivity contribution < 1.29 is 4.79 Å².